The predicted octanol–water partition coefficient (Wildman–Crippen LogP) is 3.32. The molecule has 1 atom stereocenters. The minimum Gasteiger partial charge on any atom is -0.483 e. The van der Waals surface area contributed by atoms with Crippen molar-refractivity contribution in [3.8, 4) is 5.75 Å². The summed E-state index contributed by atoms with van der Waals surface area (Å²) in [6.45, 7) is 10.6. The molecule has 0 aliphatic carbocycles. The van der Waals surface area contributed by atoms with Crippen LogP contribution in [0.15, 0.2) is 18.2 Å². The molecule has 14 nitrogen and oxygen atoms in total. The molecule has 0 radical (unpaired) electrons. The lowest BCUT2D eigenvalue weighted by molar-refractivity contribution is -0.150. The van der Waals surface area contributed by atoms with Gasteiger partial charge in [0.1, 0.15) is 23.0 Å². The lowest BCUT2D eigenvalue weighted by atomic mass is 10.0. The normalized spacial score (nSPS) is 16.8. The van der Waals surface area contributed by atoms with Crippen LogP contribution in [0, 0.1) is 0 Å². The van der Waals surface area contributed by atoms with Crippen molar-refractivity contribution < 1.29 is 47.8 Å². The molecule has 1 unspecified atom stereocenters. The number of carbonyl (C=O) groups is 7. The Kier molecular flexibility index (Phi) is 11.3. The largest absolute Gasteiger partial charge is 0.483 e. The first-order valence-electron chi connectivity index (χ1n) is 15.0. The lowest BCUT2D eigenvalue weighted by Crippen LogP contribution is -2.58. The van der Waals surface area contributed by atoms with Crippen LogP contribution >= 0.6 is 0 Å². The van der Waals surface area contributed by atoms with Crippen molar-refractivity contribution in [1.29, 1.82) is 0 Å². The zero-order chi connectivity index (χ0) is 33.5. The number of nitrogens with one attached hydrogen (secondary N) is 2. The third-order valence-electron chi connectivity index (χ3n) is 6.64. The molecule has 1 saturated heterocycles. The molecular formula is C31H42N4O10. The van der Waals surface area contributed by atoms with E-state index in [1.54, 1.807) is 41.5 Å². The molecule has 1 fully saturated rings. The smallest absolute Gasteiger partial charge is 0.424 e. The molecule has 14 heteroatoms. The summed E-state index contributed by atoms with van der Waals surface area (Å²) in [5, 5.41) is 5.43. The van der Waals surface area contributed by atoms with Gasteiger partial charge >= 0.3 is 12.2 Å². The van der Waals surface area contributed by atoms with Gasteiger partial charge in [-0.15, -0.1) is 0 Å². The van der Waals surface area contributed by atoms with Crippen LogP contribution < -0.4 is 15.4 Å². The van der Waals surface area contributed by atoms with Gasteiger partial charge in [-0.1, -0.05) is 18.9 Å². The maximum atomic E-state index is 13.4. The number of amides is 7. The van der Waals surface area contributed by atoms with E-state index in [1.807, 2.05) is 0 Å². The predicted molar refractivity (Wildman–Crippen MR) is 159 cm³/mol. The van der Waals surface area contributed by atoms with E-state index in [1.165, 1.54) is 18.2 Å². The number of alkyl carbamates (subject to hydrolysis) is 1. The molecule has 246 valence electrons. The van der Waals surface area contributed by atoms with Gasteiger partial charge in [0.25, 0.3) is 23.6 Å². The Morgan fingerprint density at radius 3 is 2.09 bits per heavy atom. The fraction of sp³-hybridized carbons (Fsp3) is 0.581. The van der Waals surface area contributed by atoms with Crippen molar-refractivity contribution in [2.75, 3.05) is 19.7 Å². The topological polar surface area (TPSA) is 178 Å². The number of carbonyl (C=O) groups excluding carboxylic acids is 7. The van der Waals surface area contributed by atoms with Gasteiger partial charge < -0.3 is 24.8 Å². The average molecular weight is 631 g/mol. The second kappa shape index (κ2) is 14.5. The Bertz CT molecular complexity index is 1340. The van der Waals surface area contributed by atoms with Crippen LogP contribution in [0.5, 0.6) is 5.75 Å². The highest BCUT2D eigenvalue weighted by Gasteiger charge is 2.50. The summed E-state index contributed by atoms with van der Waals surface area (Å²) in [7, 11) is 0. The van der Waals surface area contributed by atoms with Gasteiger partial charge in [-0.05, 0) is 72.9 Å². The maximum absolute atomic E-state index is 13.4. The van der Waals surface area contributed by atoms with Gasteiger partial charge in [0, 0.05) is 19.5 Å². The Labute approximate surface area is 262 Å². The van der Waals surface area contributed by atoms with E-state index < -0.39 is 65.6 Å². The van der Waals surface area contributed by atoms with Crippen LogP contribution in [0.1, 0.15) is 101 Å². The molecule has 0 bridgehead atoms. The molecule has 1 aromatic rings. The molecule has 2 heterocycles. The standard InChI is InChI=1S/C31H42N4O10/c1-30(2,3)44-28(41)33-17-10-8-7-9-16-32-22(36)18-43-21-13-11-12-19-24(21)27(40)34(25(19)38)20-14-15-23(37)35(26(20)39)29(42)45-31(4,5)6/h11-13,20H,7-10,14-18H2,1-6H3,(H,32,36)(H,33,41). The molecule has 0 saturated carbocycles. The van der Waals surface area contributed by atoms with Crippen LogP contribution in [-0.4, -0.2) is 88.5 Å². The van der Waals surface area contributed by atoms with Crippen molar-refractivity contribution in [2.45, 2.75) is 97.3 Å². The van der Waals surface area contributed by atoms with Gasteiger partial charge in [0.2, 0.25) is 5.91 Å². The van der Waals surface area contributed by atoms with Crippen LogP contribution in [0.25, 0.3) is 0 Å². The highest BCUT2D eigenvalue weighted by Crippen LogP contribution is 2.34. The van der Waals surface area contributed by atoms with E-state index in [-0.39, 0.29) is 29.7 Å². The van der Waals surface area contributed by atoms with Crippen LogP contribution in [0.4, 0.5) is 9.59 Å². The quantitative estimate of drug-likeness (QED) is 0.272. The average Bonchev–Trinajstić information content (AvgIpc) is 3.17. The van der Waals surface area contributed by atoms with Crippen molar-refractivity contribution >= 4 is 41.7 Å². The Morgan fingerprint density at radius 2 is 1.47 bits per heavy atom. The van der Waals surface area contributed by atoms with Gasteiger partial charge in [0.15, 0.2) is 6.61 Å². The highest BCUT2D eigenvalue weighted by atomic mass is 16.6. The zero-order valence-corrected chi connectivity index (χ0v) is 26.7. The first kappa shape index (κ1) is 35.0. The highest BCUT2D eigenvalue weighted by molar-refractivity contribution is 6.25. The van der Waals surface area contributed by atoms with Crippen molar-refractivity contribution in [3.63, 3.8) is 0 Å². The first-order chi connectivity index (χ1) is 21.0. The minimum atomic E-state index is -1.40. The number of hydrogen-bond acceptors (Lipinski definition) is 10. The number of imide groups is 4. The van der Waals surface area contributed by atoms with Gasteiger partial charge in [-0.2, -0.15) is 4.90 Å². The number of ether oxygens (including phenoxy) is 3. The van der Waals surface area contributed by atoms with Gasteiger partial charge in [-0.25, -0.2) is 9.59 Å². The number of fused-ring (bicyclic) bond motifs is 1. The van der Waals surface area contributed by atoms with Crippen LogP contribution in [0.2, 0.25) is 0 Å². The van der Waals surface area contributed by atoms with Gasteiger partial charge in [-0.3, -0.25) is 28.9 Å². The number of benzene rings is 1. The number of unbranched alkanes of at least 4 members (excludes halogenated alkanes) is 3. The summed E-state index contributed by atoms with van der Waals surface area (Å²) >= 11 is 0. The summed E-state index contributed by atoms with van der Waals surface area (Å²) in [6, 6.07) is 2.92. The molecule has 2 N–H and O–H groups in total. The number of likely N-dealkylation sites (tertiary alicyclic amines) is 1. The van der Waals surface area contributed by atoms with Crippen molar-refractivity contribution in [3.05, 3.63) is 29.3 Å². The number of piperidine rings is 1. The van der Waals surface area contributed by atoms with Crippen molar-refractivity contribution in [2.24, 2.45) is 0 Å². The lowest BCUT2D eigenvalue weighted by Gasteiger charge is -2.34. The Morgan fingerprint density at radius 1 is 0.844 bits per heavy atom. The molecule has 0 aromatic heterocycles. The van der Waals surface area contributed by atoms with Gasteiger partial charge in [0.05, 0.1) is 11.1 Å². The number of nitrogens with zero attached hydrogens (tertiary/aromatic N) is 2. The molecule has 3 rings (SSSR count). The second-order valence-electron chi connectivity index (χ2n) is 12.7. The van der Waals surface area contributed by atoms with Crippen molar-refractivity contribution in [1.82, 2.24) is 20.4 Å². The van der Waals surface area contributed by atoms with Crippen LogP contribution in [-0.2, 0) is 23.9 Å². The molecule has 7 amide bonds. The molecular weight excluding hydrogens is 588 g/mol. The fourth-order valence-electron chi connectivity index (χ4n) is 4.71. The number of rotatable bonds is 11. The molecule has 2 aliphatic rings. The van der Waals surface area contributed by atoms with E-state index in [0.29, 0.717) is 24.4 Å². The SMILES string of the molecule is CC(C)(C)OC(=O)NCCCCCCNC(=O)COc1cccc2c1C(=O)N(C1CCC(=O)N(C(=O)OC(C)(C)C)C1=O)C2=O. The van der Waals surface area contributed by atoms with E-state index >= 15 is 0 Å². The van der Waals surface area contributed by atoms with E-state index in [2.05, 4.69) is 10.6 Å². The summed E-state index contributed by atoms with van der Waals surface area (Å²) < 4.78 is 16.0. The first-order valence-corrected chi connectivity index (χ1v) is 15.0. The van der Waals surface area contributed by atoms with E-state index in [0.717, 1.165) is 24.2 Å². The summed E-state index contributed by atoms with van der Waals surface area (Å²) in [5.41, 5.74) is -1.66. The molecule has 0 spiro atoms. The van der Waals surface area contributed by atoms with Crippen LogP contribution in [0.3, 0.4) is 0 Å². The molecule has 1 aromatic carbocycles. The monoisotopic (exact) mass is 630 g/mol. The molecule has 45 heavy (non-hydrogen) atoms. The maximum Gasteiger partial charge on any atom is 0.424 e. The summed E-state index contributed by atoms with van der Waals surface area (Å²) in [6.07, 6.45) is 1.10. The molecule has 2 aliphatic heterocycles. The fourth-order valence-corrected chi connectivity index (χ4v) is 4.71. The Balaban J connectivity index is 1.50. The third-order valence-corrected chi connectivity index (χ3v) is 6.64. The Hall–Kier alpha value is -4.49. The summed E-state index contributed by atoms with van der Waals surface area (Å²) in [4.78, 5) is 90.0. The second-order valence-corrected chi connectivity index (χ2v) is 12.7. The van der Waals surface area contributed by atoms with E-state index in [9.17, 15) is 33.6 Å². The van der Waals surface area contributed by atoms with E-state index in [4.69, 9.17) is 14.2 Å². The minimum absolute atomic E-state index is 0.00989. The summed E-state index contributed by atoms with van der Waals surface area (Å²) in [5.74, 6) is -3.86. The number of hydrogen-bond donors (Lipinski definition) is 2. The third kappa shape index (κ3) is 9.50. The zero-order valence-electron chi connectivity index (χ0n) is 26.7.